The molecule has 0 unspecified atom stereocenters. The van der Waals surface area contributed by atoms with Gasteiger partial charge >= 0.3 is 0 Å². The highest BCUT2D eigenvalue weighted by molar-refractivity contribution is 5.53. The number of hydrogen-bond donors (Lipinski definition) is 2. The Labute approximate surface area is 114 Å². The molecule has 2 aliphatic rings. The van der Waals surface area contributed by atoms with Crippen LogP contribution in [0, 0.1) is 5.92 Å². The molecule has 104 valence electrons. The van der Waals surface area contributed by atoms with Crippen LogP contribution in [-0.2, 0) is 0 Å². The number of rotatable bonds is 5. The third kappa shape index (κ3) is 3.52. The van der Waals surface area contributed by atoms with Crippen LogP contribution in [0.2, 0.25) is 0 Å². The monoisotopic (exact) mass is 261 g/mol. The molecule has 2 saturated carbocycles. The molecule has 4 heteroatoms. The van der Waals surface area contributed by atoms with Crippen LogP contribution in [0.5, 0.6) is 5.88 Å². The lowest BCUT2D eigenvalue weighted by molar-refractivity contribution is 0.290. The van der Waals surface area contributed by atoms with Gasteiger partial charge in [-0.15, -0.1) is 0 Å². The Morgan fingerprint density at radius 2 is 1.95 bits per heavy atom. The van der Waals surface area contributed by atoms with Crippen molar-refractivity contribution in [3.8, 4) is 5.88 Å². The molecule has 0 aliphatic heterocycles. The molecule has 0 atom stereocenters. The Hall–Kier alpha value is -1.45. The molecule has 0 spiro atoms. The fourth-order valence-electron chi connectivity index (χ4n) is 2.58. The van der Waals surface area contributed by atoms with Crippen molar-refractivity contribution < 1.29 is 4.74 Å². The minimum atomic E-state index is 0.557. The number of nitrogen functional groups attached to an aromatic ring is 1. The van der Waals surface area contributed by atoms with E-state index in [-0.39, 0.29) is 0 Å². The number of hydrogen-bond acceptors (Lipinski definition) is 4. The van der Waals surface area contributed by atoms with Crippen LogP contribution in [-0.4, -0.2) is 17.6 Å². The molecule has 3 rings (SSSR count). The molecule has 0 amide bonds. The van der Waals surface area contributed by atoms with Crippen molar-refractivity contribution in [2.75, 3.05) is 17.7 Å². The van der Waals surface area contributed by atoms with Crippen molar-refractivity contribution in [1.29, 1.82) is 0 Å². The van der Waals surface area contributed by atoms with Crippen LogP contribution in [0.25, 0.3) is 0 Å². The van der Waals surface area contributed by atoms with Gasteiger partial charge in [-0.25, -0.2) is 0 Å². The average Bonchev–Trinajstić information content (AvgIpc) is 3.25. The van der Waals surface area contributed by atoms with Crippen LogP contribution in [0.4, 0.5) is 11.5 Å². The second-order valence-electron chi connectivity index (χ2n) is 5.82. The highest BCUT2D eigenvalue weighted by atomic mass is 16.5. The number of anilines is 2. The Morgan fingerprint density at radius 3 is 2.68 bits per heavy atom. The molecule has 2 fully saturated rings. The van der Waals surface area contributed by atoms with Gasteiger partial charge in [0, 0.05) is 6.04 Å². The second-order valence-corrected chi connectivity index (χ2v) is 5.82. The van der Waals surface area contributed by atoms with Gasteiger partial charge in [0.15, 0.2) is 0 Å². The molecule has 0 bridgehead atoms. The van der Waals surface area contributed by atoms with Crippen molar-refractivity contribution in [3.63, 3.8) is 0 Å². The number of pyridine rings is 1. The first kappa shape index (κ1) is 12.6. The van der Waals surface area contributed by atoms with Gasteiger partial charge in [0.2, 0.25) is 5.88 Å². The predicted molar refractivity (Wildman–Crippen MR) is 77.4 cm³/mol. The lowest BCUT2D eigenvalue weighted by Crippen LogP contribution is -2.23. The molecule has 0 radical (unpaired) electrons. The summed E-state index contributed by atoms with van der Waals surface area (Å²) in [5, 5.41) is 3.51. The first-order valence-corrected chi connectivity index (χ1v) is 7.47. The fourth-order valence-corrected chi connectivity index (χ4v) is 2.58. The van der Waals surface area contributed by atoms with Crippen LogP contribution >= 0.6 is 0 Å². The quantitative estimate of drug-likeness (QED) is 0.854. The number of aromatic nitrogens is 1. The second kappa shape index (κ2) is 5.68. The van der Waals surface area contributed by atoms with Gasteiger partial charge in [-0.1, -0.05) is 19.3 Å². The van der Waals surface area contributed by atoms with E-state index >= 15 is 0 Å². The van der Waals surface area contributed by atoms with Gasteiger partial charge in [-0.05, 0) is 43.7 Å². The van der Waals surface area contributed by atoms with E-state index in [2.05, 4.69) is 10.3 Å². The minimum Gasteiger partial charge on any atom is -0.476 e. The molecule has 1 aromatic heterocycles. The van der Waals surface area contributed by atoms with E-state index in [0.717, 1.165) is 18.3 Å². The summed E-state index contributed by atoms with van der Waals surface area (Å²) < 4.78 is 5.71. The lowest BCUT2D eigenvalue weighted by atomic mass is 9.95. The van der Waals surface area contributed by atoms with E-state index in [0.29, 0.717) is 17.6 Å². The molecule has 1 aromatic rings. The zero-order valence-corrected chi connectivity index (χ0v) is 11.4. The molecule has 4 nitrogen and oxygen atoms in total. The van der Waals surface area contributed by atoms with Gasteiger partial charge in [-0.2, -0.15) is 4.98 Å². The Balaban J connectivity index is 1.61. The molecule has 1 heterocycles. The van der Waals surface area contributed by atoms with E-state index in [1.165, 1.54) is 44.9 Å². The van der Waals surface area contributed by atoms with Crippen LogP contribution in [0.3, 0.4) is 0 Å². The van der Waals surface area contributed by atoms with Crippen molar-refractivity contribution in [1.82, 2.24) is 4.98 Å². The maximum atomic E-state index is 5.91. The van der Waals surface area contributed by atoms with Crippen LogP contribution in [0.15, 0.2) is 12.1 Å². The topological polar surface area (TPSA) is 60.2 Å². The highest BCUT2D eigenvalue weighted by Crippen LogP contribution is 2.31. The van der Waals surface area contributed by atoms with Crippen molar-refractivity contribution in [3.05, 3.63) is 12.1 Å². The van der Waals surface area contributed by atoms with Gasteiger partial charge < -0.3 is 15.8 Å². The molecule has 19 heavy (non-hydrogen) atoms. The summed E-state index contributed by atoms with van der Waals surface area (Å²) in [6.07, 6.45) is 9.03. The van der Waals surface area contributed by atoms with E-state index < -0.39 is 0 Å². The Morgan fingerprint density at radius 1 is 1.16 bits per heavy atom. The Kier molecular flexibility index (Phi) is 3.76. The highest BCUT2D eigenvalue weighted by Gasteiger charge is 2.22. The van der Waals surface area contributed by atoms with Gasteiger partial charge in [0.05, 0.1) is 12.3 Å². The van der Waals surface area contributed by atoms with E-state index in [9.17, 15) is 0 Å². The van der Waals surface area contributed by atoms with Gasteiger partial charge in [0.1, 0.15) is 5.82 Å². The lowest BCUT2D eigenvalue weighted by Gasteiger charge is -2.23. The predicted octanol–water partition coefficient (Wildman–Crippen LogP) is 3.20. The summed E-state index contributed by atoms with van der Waals surface area (Å²) in [6, 6.07) is 4.40. The molecule has 0 aromatic carbocycles. The SMILES string of the molecule is Nc1ccc(NC2CCCCC2)nc1OCC1CC1. The van der Waals surface area contributed by atoms with Crippen molar-refractivity contribution >= 4 is 11.5 Å². The third-order valence-electron chi connectivity index (χ3n) is 4.00. The van der Waals surface area contributed by atoms with E-state index in [4.69, 9.17) is 10.5 Å². The zero-order valence-electron chi connectivity index (χ0n) is 11.4. The van der Waals surface area contributed by atoms with E-state index in [1.54, 1.807) is 0 Å². The third-order valence-corrected chi connectivity index (χ3v) is 4.00. The van der Waals surface area contributed by atoms with Crippen molar-refractivity contribution in [2.45, 2.75) is 51.0 Å². The Bertz CT molecular complexity index is 425. The molecule has 3 N–H and O–H groups in total. The summed E-state index contributed by atoms with van der Waals surface area (Å²) >= 11 is 0. The number of nitrogens with one attached hydrogen (secondary N) is 1. The van der Waals surface area contributed by atoms with Crippen LogP contribution < -0.4 is 15.8 Å². The van der Waals surface area contributed by atoms with Gasteiger partial charge in [-0.3, -0.25) is 0 Å². The number of nitrogens with zero attached hydrogens (tertiary/aromatic N) is 1. The average molecular weight is 261 g/mol. The van der Waals surface area contributed by atoms with E-state index in [1.807, 2.05) is 12.1 Å². The van der Waals surface area contributed by atoms with Gasteiger partial charge in [0.25, 0.3) is 0 Å². The number of nitrogens with two attached hydrogens (primary N) is 1. The first-order chi connectivity index (χ1) is 9.31. The summed E-state index contributed by atoms with van der Waals surface area (Å²) in [5.41, 5.74) is 6.55. The largest absolute Gasteiger partial charge is 0.476 e. The standard InChI is InChI=1S/C15H23N3O/c16-13-8-9-14(17-12-4-2-1-3-5-12)18-15(13)19-10-11-6-7-11/h8-9,11-12H,1-7,10,16H2,(H,17,18). The molecule has 2 aliphatic carbocycles. The fraction of sp³-hybridized carbons (Fsp3) is 0.667. The molecule has 0 saturated heterocycles. The maximum absolute atomic E-state index is 5.91. The summed E-state index contributed by atoms with van der Waals surface area (Å²) in [7, 11) is 0. The number of ether oxygens (including phenoxy) is 1. The summed E-state index contributed by atoms with van der Waals surface area (Å²) in [5.74, 6) is 2.20. The zero-order chi connectivity index (χ0) is 13.1. The summed E-state index contributed by atoms with van der Waals surface area (Å²) in [4.78, 5) is 4.51. The van der Waals surface area contributed by atoms with Crippen LogP contribution in [0.1, 0.15) is 44.9 Å². The van der Waals surface area contributed by atoms with Crippen molar-refractivity contribution in [2.24, 2.45) is 5.92 Å². The first-order valence-electron chi connectivity index (χ1n) is 7.47. The molecular weight excluding hydrogens is 238 g/mol. The summed E-state index contributed by atoms with van der Waals surface area (Å²) in [6.45, 7) is 0.754. The normalized spacial score (nSPS) is 20.2. The maximum Gasteiger partial charge on any atom is 0.239 e. The smallest absolute Gasteiger partial charge is 0.239 e. The molecular formula is C15H23N3O. The minimum absolute atomic E-state index is 0.557.